The van der Waals surface area contributed by atoms with Crippen molar-refractivity contribution in [2.75, 3.05) is 18.5 Å². The van der Waals surface area contributed by atoms with Crippen molar-refractivity contribution in [3.8, 4) is 0 Å². The first-order valence-corrected chi connectivity index (χ1v) is 8.09. The molecule has 2 N–H and O–H groups in total. The Balaban J connectivity index is 1.82. The normalized spacial score (nSPS) is 17.1. The van der Waals surface area contributed by atoms with Crippen molar-refractivity contribution in [2.24, 2.45) is 0 Å². The van der Waals surface area contributed by atoms with Gasteiger partial charge in [0.25, 0.3) is 0 Å². The molecular weight excluding hydrogens is 346 g/mol. The van der Waals surface area contributed by atoms with Gasteiger partial charge in [-0.1, -0.05) is 11.6 Å². The summed E-state index contributed by atoms with van der Waals surface area (Å²) in [6.07, 6.45) is 2.20. The van der Waals surface area contributed by atoms with Gasteiger partial charge in [0.1, 0.15) is 5.56 Å². The molecule has 0 unspecified atom stereocenters. The molecule has 1 fully saturated rings. The number of carboxylic acids is 1. The number of ether oxygens (including phenoxy) is 1. The number of benzene rings is 1. The van der Waals surface area contributed by atoms with Crippen LogP contribution in [0.4, 0.5) is 11.6 Å². The molecular formula is C16H14ClN5O3. The Morgan fingerprint density at radius 2 is 2.24 bits per heavy atom. The maximum atomic E-state index is 11.4. The van der Waals surface area contributed by atoms with E-state index in [1.807, 2.05) is 10.7 Å². The monoisotopic (exact) mass is 359 g/mol. The number of carboxylic acid groups (broad SMARTS) is 1. The summed E-state index contributed by atoms with van der Waals surface area (Å²) in [5, 5.41) is 25.9. The van der Waals surface area contributed by atoms with E-state index in [-0.39, 0.29) is 17.4 Å². The van der Waals surface area contributed by atoms with Crippen LogP contribution in [0.25, 0.3) is 10.9 Å². The van der Waals surface area contributed by atoms with Crippen molar-refractivity contribution in [3.63, 3.8) is 0 Å². The Kier molecular flexibility index (Phi) is 3.98. The van der Waals surface area contributed by atoms with Gasteiger partial charge in [-0.2, -0.15) is 10.2 Å². The fraction of sp³-hybridized carbons (Fsp3) is 0.250. The van der Waals surface area contributed by atoms with Crippen molar-refractivity contribution in [3.05, 3.63) is 41.0 Å². The van der Waals surface area contributed by atoms with Crippen LogP contribution in [0, 0.1) is 0 Å². The van der Waals surface area contributed by atoms with E-state index < -0.39 is 5.97 Å². The third-order valence-corrected chi connectivity index (χ3v) is 4.34. The summed E-state index contributed by atoms with van der Waals surface area (Å²) < 4.78 is 7.34. The van der Waals surface area contributed by atoms with Gasteiger partial charge >= 0.3 is 5.97 Å². The van der Waals surface area contributed by atoms with Crippen molar-refractivity contribution < 1.29 is 14.6 Å². The maximum absolute atomic E-state index is 11.4. The van der Waals surface area contributed by atoms with Crippen molar-refractivity contribution in [1.82, 2.24) is 20.0 Å². The number of hydrogen-bond donors (Lipinski definition) is 2. The number of fused-ring (bicyclic) bond motifs is 1. The molecule has 0 aliphatic carbocycles. The first kappa shape index (κ1) is 15.8. The molecule has 3 heterocycles. The van der Waals surface area contributed by atoms with Gasteiger partial charge in [0.15, 0.2) is 11.6 Å². The molecule has 25 heavy (non-hydrogen) atoms. The van der Waals surface area contributed by atoms with E-state index in [1.165, 1.54) is 12.3 Å². The molecule has 0 bridgehead atoms. The second-order valence-electron chi connectivity index (χ2n) is 5.70. The molecule has 1 atom stereocenters. The van der Waals surface area contributed by atoms with E-state index in [2.05, 4.69) is 20.6 Å². The van der Waals surface area contributed by atoms with Crippen LogP contribution < -0.4 is 5.32 Å². The summed E-state index contributed by atoms with van der Waals surface area (Å²) >= 11 is 6.13. The summed E-state index contributed by atoms with van der Waals surface area (Å²) in [6, 6.07) is 6.99. The maximum Gasteiger partial charge on any atom is 0.339 e. The van der Waals surface area contributed by atoms with E-state index in [0.717, 1.165) is 17.3 Å². The molecule has 3 aromatic rings. The number of hydrogen-bond acceptors (Lipinski definition) is 6. The first-order valence-electron chi connectivity index (χ1n) is 7.71. The summed E-state index contributed by atoms with van der Waals surface area (Å²) in [6.45, 7) is 1.28. The van der Waals surface area contributed by atoms with E-state index in [4.69, 9.17) is 16.3 Å². The average Bonchev–Trinajstić information content (AvgIpc) is 3.23. The molecule has 1 aliphatic rings. The lowest BCUT2D eigenvalue weighted by Crippen LogP contribution is -2.11. The van der Waals surface area contributed by atoms with E-state index in [1.54, 1.807) is 12.1 Å². The Morgan fingerprint density at radius 1 is 1.36 bits per heavy atom. The SMILES string of the molecule is O=C(O)c1ccnnc1Nc1nn([C@H]2CCOC2)c2ccc(Cl)cc12. The number of rotatable bonds is 4. The smallest absolute Gasteiger partial charge is 0.339 e. The van der Waals surface area contributed by atoms with Crippen LogP contribution in [0.2, 0.25) is 5.02 Å². The topological polar surface area (TPSA) is 102 Å². The van der Waals surface area contributed by atoms with Gasteiger partial charge in [0, 0.05) is 17.0 Å². The van der Waals surface area contributed by atoms with Crippen molar-refractivity contribution >= 4 is 40.1 Å². The quantitative estimate of drug-likeness (QED) is 0.738. The molecule has 9 heteroatoms. The molecule has 2 aromatic heterocycles. The van der Waals surface area contributed by atoms with Gasteiger partial charge in [-0.05, 0) is 30.7 Å². The second-order valence-corrected chi connectivity index (χ2v) is 6.13. The fourth-order valence-corrected chi connectivity index (χ4v) is 3.08. The van der Waals surface area contributed by atoms with Gasteiger partial charge < -0.3 is 15.2 Å². The molecule has 1 aromatic carbocycles. The lowest BCUT2D eigenvalue weighted by molar-refractivity contribution is 0.0697. The van der Waals surface area contributed by atoms with E-state index in [0.29, 0.717) is 24.1 Å². The van der Waals surface area contributed by atoms with Gasteiger partial charge in [-0.3, -0.25) is 4.68 Å². The van der Waals surface area contributed by atoms with Gasteiger partial charge in [-0.15, -0.1) is 5.10 Å². The number of nitrogens with zero attached hydrogens (tertiary/aromatic N) is 4. The first-order chi connectivity index (χ1) is 12.1. The van der Waals surface area contributed by atoms with Gasteiger partial charge in [0.2, 0.25) is 0 Å². The molecule has 0 spiro atoms. The molecule has 0 amide bonds. The number of aromatic carboxylic acids is 1. The molecule has 0 radical (unpaired) electrons. The number of halogens is 1. The van der Waals surface area contributed by atoms with E-state index in [9.17, 15) is 9.90 Å². The van der Waals surface area contributed by atoms with Crippen LogP contribution in [-0.4, -0.2) is 44.3 Å². The van der Waals surface area contributed by atoms with Crippen LogP contribution in [0.15, 0.2) is 30.5 Å². The minimum atomic E-state index is -1.09. The summed E-state index contributed by atoms with van der Waals surface area (Å²) in [5.74, 6) is -0.486. The Bertz CT molecular complexity index is 952. The van der Waals surface area contributed by atoms with Crippen LogP contribution in [-0.2, 0) is 4.74 Å². The summed E-state index contributed by atoms with van der Waals surface area (Å²) in [5.41, 5.74) is 0.909. The minimum absolute atomic E-state index is 0.0175. The number of anilines is 2. The highest BCUT2D eigenvalue weighted by Gasteiger charge is 2.23. The Morgan fingerprint density at radius 3 is 3.00 bits per heavy atom. The molecule has 1 saturated heterocycles. The van der Waals surface area contributed by atoms with Crippen LogP contribution in [0.1, 0.15) is 22.8 Å². The fourth-order valence-electron chi connectivity index (χ4n) is 2.91. The molecule has 8 nitrogen and oxygen atoms in total. The third kappa shape index (κ3) is 2.90. The molecule has 1 aliphatic heterocycles. The van der Waals surface area contributed by atoms with E-state index >= 15 is 0 Å². The number of nitrogens with one attached hydrogen (secondary N) is 1. The van der Waals surface area contributed by atoms with Crippen LogP contribution >= 0.6 is 11.6 Å². The molecule has 4 rings (SSSR count). The van der Waals surface area contributed by atoms with Crippen LogP contribution in [0.5, 0.6) is 0 Å². The predicted octanol–water partition coefficient (Wildman–Crippen LogP) is 2.88. The lowest BCUT2D eigenvalue weighted by Gasteiger charge is -2.09. The van der Waals surface area contributed by atoms with Crippen LogP contribution in [0.3, 0.4) is 0 Å². The third-order valence-electron chi connectivity index (χ3n) is 4.11. The summed E-state index contributed by atoms with van der Waals surface area (Å²) in [7, 11) is 0. The molecule has 0 saturated carbocycles. The minimum Gasteiger partial charge on any atom is -0.478 e. The zero-order valence-corrected chi connectivity index (χ0v) is 13.8. The predicted molar refractivity (Wildman–Crippen MR) is 91.5 cm³/mol. The van der Waals surface area contributed by atoms with Crippen molar-refractivity contribution in [1.29, 1.82) is 0 Å². The van der Waals surface area contributed by atoms with Gasteiger partial charge in [-0.25, -0.2) is 4.79 Å². The Labute approximate surface area is 147 Å². The average molecular weight is 360 g/mol. The standard InChI is InChI=1S/C16H14ClN5O3/c17-9-1-2-13-12(7-9)15(21-22(13)10-4-6-25-8-10)19-14-11(16(23)24)3-5-18-20-14/h1-3,5,7,10H,4,6,8H2,(H,23,24)(H,19,20,21)/t10-/m0/s1. The number of aromatic nitrogens is 4. The largest absolute Gasteiger partial charge is 0.478 e. The highest BCUT2D eigenvalue weighted by Crippen LogP contribution is 2.32. The molecule has 128 valence electrons. The zero-order chi connectivity index (χ0) is 17.4. The number of carbonyl (C=O) groups is 1. The zero-order valence-electron chi connectivity index (χ0n) is 13.0. The second kappa shape index (κ2) is 6.30. The Hall–Kier alpha value is -2.71. The highest BCUT2D eigenvalue weighted by molar-refractivity contribution is 6.31. The highest BCUT2D eigenvalue weighted by atomic mass is 35.5. The summed E-state index contributed by atoms with van der Waals surface area (Å²) in [4.78, 5) is 11.4. The van der Waals surface area contributed by atoms with Crippen molar-refractivity contribution in [2.45, 2.75) is 12.5 Å². The lowest BCUT2D eigenvalue weighted by atomic mass is 10.2. The van der Waals surface area contributed by atoms with Gasteiger partial charge in [0.05, 0.1) is 24.4 Å².